The van der Waals surface area contributed by atoms with Crippen molar-refractivity contribution in [2.24, 2.45) is 16.3 Å². The van der Waals surface area contributed by atoms with E-state index in [9.17, 15) is 0 Å². The molecule has 2 N–H and O–H groups in total. The van der Waals surface area contributed by atoms with Gasteiger partial charge in [0.1, 0.15) is 0 Å². The lowest BCUT2D eigenvalue weighted by molar-refractivity contribution is -0.0835. The zero-order valence-electron chi connectivity index (χ0n) is 18.2. The molecule has 6 nitrogen and oxygen atoms in total. The summed E-state index contributed by atoms with van der Waals surface area (Å²) in [5, 5.41) is 7.20. The Hall–Kier alpha value is -0.850. The van der Waals surface area contributed by atoms with Crippen molar-refractivity contribution in [2.75, 3.05) is 53.6 Å². The van der Waals surface area contributed by atoms with E-state index in [1.807, 2.05) is 7.05 Å². The molecule has 0 radical (unpaired) electrons. The van der Waals surface area contributed by atoms with Crippen molar-refractivity contribution in [1.82, 2.24) is 15.5 Å². The average molecular weight is 383 g/mol. The highest BCUT2D eigenvalue weighted by Crippen LogP contribution is 2.33. The van der Waals surface area contributed by atoms with Gasteiger partial charge in [-0.25, -0.2) is 0 Å². The van der Waals surface area contributed by atoms with Gasteiger partial charge < -0.3 is 25.0 Å². The normalized spacial score (nSPS) is 26.2. The minimum Gasteiger partial charge on any atom is -0.385 e. The molecule has 0 bridgehead atoms. The van der Waals surface area contributed by atoms with E-state index in [1.54, 1.807) is 7.11 Å². The Labute approximate surface area is 166 Å². The molecule has 158 valence electrons. The predicted molar refractivity (Wildman–Crippen MR) is 112 cm³/mol. The number of ether oxygens (including phenoxy) is 2. The molecular weight excluding hydrogens is 340 g/mol. The molecule has 2 aliphatic heterocycles. The molecular formula is C21H42N4O2. The first-order chi connectivity index (χ1) is 12.9. The van der Waals surface area contributed by atoms with Crippen LogP contribution in [0.4, 0.5) is 0 Å². The SMILES string of the molecule is CN=C(NCC1CCCOC1C(C)(C)C)NC1CCN(CCCOC)CC1. The highest BCUT2D eigenvalue weighted by molar-refractivity contribution is 5.79. The Morgan fingerprint density at radius 3 is 2.59 bits per heavy atom. The van der Waals surface area contributed by atoms with Crippen LogP contribution in [-0.2, 0) is 9.47 Å². The fourth-order valence-corrected chi connectivity index (χ4v) is 4.36. The number of aliphatic imine (C=N–C) groups is 1. The molecule has 0 aromatic carbocycles. The van der Waals surface area contributed by atoms with E-state index in [0.717, 1.165) is 58.2 Å². The molecule has 0 saturated carbocycles. The van der Waals surface area contributed by atoms with Gasteiger partial charge in [-0.15, -0.1) is 0 Å². The first-order valence-corrected chi connectivity index (χ1v) is 10.7. The van der Waals surface area contributed by atoms with Gasteiger partial charge in [-0.2, -0.15) is 0 Å². The van der Waals surface area contributed by atoms with Gasteiger partial charge in [0.15, 0.2) is 5.96 Å². The van der Waals surface area contributed by atoms with Crippen molar-refractivity contribution in [3.63, 3.8) is 0 Å². The number of piperidine rings is 1. The molecule has 2 heterocycles. The summed E-state index contributed by atoms with van der Waals surface area (Å²) in [5.41, 5.74) is 0.180. The molecule has 6 heteroatoms. The largest absolute Gasteiger partial charge is 0.385 e. The van der Waals surface area contributed by atoms with E-state index in [-0.39, 0.29) is 5.41 Å². The molecule has 2 unspecified atom stereocenters. The number of hydrogen-bond donors (Lipinski definition) is 2. The minimum absolute atomic E-state index is 0.180. The number of nitrogens with one attached hydrogen (secondary N) is 2. The number of methoxy groups -OCH3 is 1. The van der Waals surface area contributed by atoms with Crippen molar-refractivity contribution >= 4 is 5.96 Å². The molecule has 2 rings (SSSR count). The average Bonchev–Trinajstić information content (AvgIpc) is 2.66. The van der Waals surface area contributed by atoms with Crippen LogP contribution in [0.5, 0.6) is 0 Å². The molecule has 0 spiro atoms. The molecule has 0 aromatic heterocycles. The van der Waals surface area contributed by atoms with Gasteiger partial charge in [0.25, 0.3) is 0 Å². The fourth-order valence-electron chi connectivity index (χ4n) is 4.36. The van der Waals surface area contributed by atoms with Gasteiger partial charge in [0, 0.05) is 65.5 Å². The Balaban J connectivity index is 1.73. The summed E-state index contributed by atoms with van der Waals surface area (Å²) in [6.07, 6.45) is 6.16. The Bertz CT molecular complexity index is 442. The molecule has 0 aliphatic carbocycles. The van der Waals surface area contributed by atoms with Crippen LogP contribution in [0, 0.1) is 11.3 Å². The van der Waals surface area contributed by atoms with Crippen LogP contribution < -0.4 is 10.6 Å². The van der Waals surface area contributed by atoms with Crippen LogP contribution in [0.1, 0.15) is 52.9 Å². The maximum atomic E-state index is 6.11. The number of nitrogens with zero attached hydrogens (tertiary/aromatic N) is 2. The summed E-state index contributed by atoms with van der Waals surface area (Å²) < 4.78 is 11.3. The smallest absolute Gasteiger partial charge is 0.191 e. The van der Waals surface area contributed by atoms with Crippen molar-refractivity contribution in [2.45, 2.75) is 65.0 Å². The predicted octanol–water partition coefficient (Wildman–Crippen LogP) is 2.49. The zero-order valence-corrected chi connectivity index (χ0v) is 18.2. The van der Waals surface area contributed by atoms with Crippen LogP contribution in [0.2, 0.25) is 0 Å². The van der Waals surface area contributed by atoms with E-state index in [2.05, 4.69) is 41.3 Å². The van der Waals surface area contributed by atoms with Crippen LogP contribution in [0.25, 0.3) is 0 Å². The summed E-state index contributed by atoms with van der Waals surface area (Å²) in [4.78, 5) is 7.00. The van der Waals surface area contributed by atoms with Gasteiger partial charge in [-0.3, -0.25) is 4.99 Å². The third-order valence-electron chi connectivity index (χ3n) is 5.80. The van der Waals surface area contributed by atoms with Crippen molar-refractivity contribution in [3.05, 3.63) is 0 Å². The number of hydrogen-bond acceptors (Lipinski definition) is 4. The first kappa shape index (κ1) is 22.4. The van der Waals surface area contributed by atoms with E-state index >= 15 is 0 Å². The molecule has 2 atom stereocenters. The van der Waals surface area contributed by atoms with Crippen LogP contribution >= 0.6 is 0 Å². The third kappa shape index (κ3) is 7.59. The Kier molecular flexibility index (Phi) is 9.33. The lowest BCUT2D eigenvalue weighted by Gasteiger charge is -2.40. The second-order valence-electron chi connectivity index (χ2n) is 9.12. The molecule has 27 heavy (non-hydrogen) atoms. The summed E-state index contributed by atoms with van der Waals surface area (Å²) >= 11 is 0. The molecule has 0 amide bonds. The maximum absolute atomic E-state index is 6.11. The van der Waals surface area contributed by atoms with Gasteiger partial charge in [-0.1, -0.05) is 20.8 Å². The minimum atomic E-state index is 0.180. The fraction of sp³-hybridized carbons (Fsp3) is 0.952. The van der Waals surface area contributed by atoms with Gasteiger partial charge in [0.05, 0.1) is 6.10 Å². The van der Waals surface area contributed by atoms with Crippen molar-refractivity contribution in [1.29, 1.82) is 0 Å². The topological polar surface area (TPSA) is 58.1 Å². The second kappa shape index (κ2) is 11.2. The lowest BCUT2D eigenvalue weighted by Crippen LogP contribution is -2.51. The number of rotatable bonds is 7. The molecule has 2 fully saturated rings. The van der Waals surface area contributed by atoms with Gasteiger partial charge in [0.2, 0.25) is 0 Å². The van der Waals surface area contributed by atoms with Crippen LogP contribution in [-0.4, -0.2) is 76.6 Å². The summed E-state index contributed by atoms with van der Waals surface area (Å²) in [6.45, 7) is 13.0. The van der Waals surface area contributed by atoms with E-state index in [4.69, 9.17) is 9.47 Å². The van der Waals surface area contributed by atoms with E-state index in [0.29, 0.717) is 18.1 Å². The van der Waals surface area contributed by atoms with E-state index < -0.39 is 0 Å². The summed E-state index contributed by atoms with van der Waals surface area (Å²) in [7, 11) is 3.64. The van der Waals surface area contributed by atoms with Crippen LogP contribution in [0.15, 0.2) is 4.99 Å². The highest BCUT2D eigenvalue weighted by atomic mass is 16.5. The van der Waals surface area contributed by atoms with Gasteiger partial charge in [-0.05, 0) is 37.5 Å². The second-order valence-corrected chi connectivity index (χ2v) is 9.12. The standard InChI is InChI=1S/C21H42N4O2/c1-21(2,3)19-17(8-6-15-27-19)16-23-20(22-4)24-18-9-12-25(13-10-18)11-7-14-26-5/h17-19H,6-16H2,1-5H3,(H2,22,23,24). The quantitative estimate of drug-likeness (QED) is 0.402. The number of likely N-dealkylation sites (tertiary alicyclic amines) is 1. The van der Waals surface area contributed by atoms with Crippen molar-refractivity contribution < 1.29 is 9.47 Å². The van der Waals surface area contributed by atoms with Gasteiger partial charge >= 0.3 is 0 Å². The third-order valence-corrected chi connectivity index (χ3v) is 5.80. The molecule has 2 aliphatic rings. The van der Waals surface area contributed by atoms with Crippen molar-refractivity contribution in [3.8, 4) is 0 Å². The molecule has 0 aromatic rings. The highest BCUT2D eigenvalue weighted by Gasteiger charge is 2.35. The number of guanidine groups is 1. The van der Waals surface area contributed by atoms with E-state index in [1.165, 1.54) is 19.3 Å². The van der Waals surface area contributed by atoms with Crippen LogP contribution in [0.3, 0.4) is 0 Å². The summed E-state index contributed by atoms with van der Waals surface area (Å²) in [6, 6.07) is 0.510. The molecule has 2 saturated heterocycles. The Morgan fingerprint density at radius 2 is 1.96 bits per heavy atom. The first-order valence-electron chi connectivity index (χ1n) is 10.7. The Morgan fingerprint density at radius 1 is 1.22 bits per heavy atom. The zero-order chi connectivity index (χ0) is 19.7. The summed E-state index contributed by atoms with van der Waals surface area (Å²) in [5.74, 6) is 1.48. The monoisotopic (exact) mass is 382 g/mol. The maximum Gasteiger partial charge on any atom is 0.191 e. The lowest BCUT2D eigenvalue weighted by atomic mass is 9.78.